The van der Waals surface area contributed by atoms with Crippen LogP contribution < -0.4 is 5.32 Å². The van der Waals surface area contributed by atoms with E-state index in [0.717, 1.165) is 16.0 Å². The van der Waals surface area contributed by atoms with Gasteiger partial charge in [-0.3, -0.25) is 4.68 Å². The van der Waals surface area contributed by atoms with Crippen LogP contribution in [0.5, 0.6) is 0 Å². The molecule has 0 aliphatic carbocycles. The Morgan fingerprint density at radius 3 is 2.79 bits per heavy atom. The summed E-state index contributed by atoms with van der Waals surface area (Å²) in [5.74, 6) is 0. The zero-order valence-corrected chi connectivity index (χ0v) is 13.6. The Bertz CT molecular complexity index is 580. The van der Waals surface area contributed by atoms with Crippen LogP contribution in [0.2, 0.25) is 5.02 Å². The van der Waals surface area contributed by atoms with Gasteiger partial charge in [-0.25, -0.2) is 0 Å². The molecular formula is C14H17BrClN3. The van der Waals surface area contributed by atoms with Crippen molar-refractivity contribution in [3.63, 3.8) is 0 Å². The van der Waals surface area contributed by atoms with Crippen LogP contribution in [0.15, 0.2) is 28.9 Å². The molecule has 2 rings (SSSR count). The Hall–Kier alpha value is -0.840. The molecule has 0 radical (unpaired) electrons. The van der Waals surface area contributed by atoms with Gasteiger partial charge in [0.25, 0.3) is 0 Å². The van der Waals surface area contributed by atoms with Crippen LogP contribution in [0.3, 0.4) is 0 Å². The molecule has 102 valence electrons. The standard InChI is InChI=1S/C14H17BrClN3/c1-9(12-8-18-19(3)10(12)2)17-7-11-4-5-13(15)14(16)6-11/h4-6,8-9,17H,7H2,1-3H3. The van der Waals surface area contributed by atoms with E-state index in [0.29, 0.717) is 0 Å². The Labute approximate surface area is 127 Å². The lowest BCUT2D eigenvalue weighted by molar-refractivity contribution is 0.570. The summed E-state index contributed by atoms with van der Waals surface area (Å²) in [7, 11) is 1.96. The molecular weight excluding hydrogens is 326 g/mol. The molecule has 5 heteroatoms. The second kappa shape index (κ2) is 6.07. The highest BCUT2D eigenvalue weighted by molar-refractivity contribution is 9.10. The van der Waals surface area contributed by atoms with Crippen molar-refractivity contribution in [1.82, 2.24) is 15.1 Å². The number of aromatic nitrogens is 2. The van der Waals surface area contributed by atoms with Crippen molar-refractivity contribution in [2.75, 3.05) is 0 Å². The number of halogens is 2. The number of benzene rings is 1. The van der Waals surface area contributed by atoms with Gasteiger partial charge in [0.05, 0.1) is 11.2 Å². The predicted molar refractivity (Wildman–Crippen MR) is 82.4 cm³/mol. The van der Waals surface area contributed by atoms with Crippen molar-refractivity contribution in [2.45, 2.75) is 26.4 Å². The van der Waals surface area contributed by atoms with Crippen molar-refractivity contribution in [3.8, 4) is 0 Å². The van der Waals surface area contributed by atoms with Crippen LogP contribution in [-0.2, 0) is 13.6 Å². The van der Waals surface area contributed by atoms with E-state index >= 15 is 0 Å². The maximum atomic E-state index is 6.09. The van der Waals surface area contributed by atoms with Crippen LogP contribution in [0.4, 0.5) is 0 Å². The minimum Gasteiger partial charge on any atom is -0.306 e. The van der Waals surface area contributed by atoms with Crippen LogP contribution in [0.25, 0.3) is 0 Å². The van der Waals surface area contributed by atoms with E-state index < -0.39 is 0 Å². The van der Waals surface area contributed by atoms with Crippen LogP contribution in [0.1, 0.15) is 29.8 Å². The maximum absolute atomic E-state index is 6.09. The summed E-state index contributed by atoms with van der Waals surface area (Å²) < 4.78 is 2.82. The highest BCUT2D eigenvalue weighted by atomic mass is 79.9. The minimum atomic E-state index is 0.260. The van der Waals surface area contributed by atoms with Gasteiger partial charge in [-0.05, 0) is 47.5 Å². The first-order valence-corrected chi connectivity index (χ1v) is 7.32. The topological polar surface area (TPSA) is 29.9 Å². The van der Waals surface area contributed by atoms with Gasteiger partial charge in [0, 0.05) is 35.4 Å². The van der Waals surface area contributed by atoms with E-state index in [1.807, 2.05) is 30.1 Å². The molecule has 0 spiro atoms. The Kier molecular flexibility index (Phi) is 4.66. The van der Waals surface area contributed by atoms with Crippen molar-refractivity contribution in [2.24, 2.45) is 7.05 Å². The molecule has 0 bridgehead atoms. The predicted octanol–water partition coefficient (Wildman–Crippen LogP) is 4.00. The first-order valence-electron chi connectivity index (χ1n) is 6.15. The van der Waals surface area contributed by atoms with Gasteiger partial charge in [0.2, 0.25) is 0 Å². The number of rotatable bonds is 4. The lowest BCUT2D eigenvalue weighted by atomic mass is 10.1. The second-order valence-electron chi connectivity index (χ2n) is 4.66. The first-order chi connectivity index (χ1) is 8.99. The molecule has 0 aliphatic rings. The van der Waals surface area contributed by atoms with Crippen molar-refractivity contribution >= 4 is 27.5 Å². The average Bonchev–Trinajstić information content (AvgIpc) is 2.71. The van der Waals surface area contributed by atoms with E-state index in [4.69, 9.17) is 11.6 Å². The largest absolute Gasteiger partial charge is 0.306 e. The third-order valence-corrected chi connectivity index (χ3v) is 4.57. The highest BCUT2D eigenvalue weighted by Gasteiger charge is 2.11. The Morgan fingerprint density at radius 1 is 1.47 bits per heavy atom. The summed E-state index contributed by atoms with van der Waals surface area (Å²) >= 11 is 9.48. The second-order valence-corrected chi connectivity index (χ2v) is 5.92. The van der Waals surface area contributed by atoms with Crippen molar-refractivity contribution in [1.29, 1.82) is 0 Å². The normalized spacial score (nSPS) is 12.7. The molecule has 0 aliphatic heterocycles. The summed E-state index contributed by atoms with van der Waals surface area (Å²) in [6.07, 6.45) is 1.92. The monoisotopic (exact) mass is 341 g/mol. The van der Waals surface area contributed by atoms with Gasteiger partial charge in [-0.15, -0.1) is 0 Å². The molecule has 1 N–H and O–H groups in total. The third-order valence-electron chi connectivity index (χ3n) is 3.34. The summed E-state index contributed by atoms with van der Waals surface area (Å²) in [4.78, 5) is 0. The van der Waals surface area contributed by atoms with Gasteiger partial charge in [-0.1, -0.05) is 17.7 Å². The Balaban J connectivity index is 2.02. The van der Waals surface area contributed by atoms with Gasteiger partial charge < -0.3 is 5.32 Å². The van der Waals surface area contributed by atoms with E-state index in [1.165, 1.54) is 16.8 Å². The third kappa shape index (κ3) is 3.38. The molecule has 1 aromatic carbocycles. The number of hydrogen-bond donors (Lipinski definition) is 1. The van der Waals surface area contributed by atoms with Crippen LogP contribution in [0, 0.1) is 6.92 Å². The number of aryl methyl sites for hydroxylation is 1. The molecule has 1 atom stereocenters. The average molecular weight is 343 g/mol. The first kappa shape index (κ1) is 14.6. The summed E-state index contributed by atoms with van der Waals surface area (Å²) in [6, 6.07) is 6.27. The molecule has 3 nitrogen and oxygen atoms in total. The van der Waals surface area contributed by atoms with E-state index in [-0.39, 0.29) is 6.04 Å². The molecule has 1 heterocycles. The molecule has 2 aromatic rings. The van der Waals surface area contributed by atoms with Crippen LogP contribution in [-0.4, -0.2) is 9.78 Å². The number of nitrogens with one attached hydrogen (secondary N) is 1. The summed E-state index contributed by atoms with van der Waals surface area (Å²) in [5, 5.41) is 8.50. The van der Waals surface area contributed by atoms with E-state index in [1.54, 1.807) is 0 Å². The lowest BCUT2D eigenvalue weighted by Crippen LogP contribution is -2.18. The fraction of sp³-hybridized carbons (Fsp3) is 0.357. The van der Waals surface area contributed by atoms with Gasteiger partial charge in [0.15, 0.2) is 0 Å². The van der Waals surface area contributed by atoms with Gasteiger partial charge >= 0.3 is 0 Å². The lowest BCUT2D eigenvalue weighted by Gasteiger charge is -2.14. The van der Waals surface area contributed by atoms with Crippen molar-refractivity contribution < 1.29 is 0 Å². The van der Waals surface area contributed by atoms with Crippen molar-refractivity contribution in [3.05, 3.63) is 50.7 Å². The molecule has 19 heavy (non-hydrogen) atoms. The zero-order chi connectivity index (χ0) is 14.0. The summed E-state index contributed by atoms with van der Waals surface area (Å²) in [6.45, 7) is 5.00. The number of nitrogens with zero attached hydrogens (tertiary/aromatic N) is 2. The Morgan fingerprint density at radius 2 is 2.21 bits per heavy atom. The maximum Gasteiger partial charge on any atom is 0.0551 e. The van der Waals surface area contributed by atoms with Crippen LogP contribution >= 0.6 is 27.5 Å². The fourth-order valence-electron chi connectivity index (χ4n) is 1.97. The molecule has 0 amide bonds. The van der Waals surface area contributed by atoms with E-state index in [2.05, 4.69) is 46.3 Å². The van der Waals surface area contributed by atoms with Gasteiger partial charge in [0.1, 0.15) is 0 Å². The number of hydrogen-bond acceptors (Lipinski definition) is 2. The van der Waals surface area contributed by atoms with E-state index in [9.17, 15) is 0 Å². The summed E-state index contributed by atoms with van der Waals surface area (Å²) in [5.41, 5.74) is 3.58. The van der Waals surface area contributed by atoms with Gasteiger partial charge in [-0.2, -0.15) is 5.10 Å². The SMILES string of the molecule is Cc1c(C(C)NCc2ccc(Br)c(Cl)c2)cnn1C. The molecule has 0 saturated carbocycles. The zero-order valence-electron chi connectivity index (χ0n) is 11.2. The molecule has 1 unspecified atom stereocenters. The fourth-order valence-corrected chi connectivity index (χ4v) is 2.42. The minimum absolute atomic E-state index is 0.260. The molecule has 0 saturated heterocycles. The molecule has 0 fully saturated rings. The quantitative estimate of drug-likeness (QED) is 0.910. The smallest absolute Gasteiger partial charge is 0.0551 e. The molecule has 1 aromatic heterocycles. The highest BCUT2D eigenvalue weighted by Crippen LogP contribution is 2.23.